The lowest BCUT2D eigenvalue weighted by Gasteiger charge is -2.03. The van der Waals surface area contributed by atoms with Crippen LogP contribution in [0.15, 0.2) is 57.1 Å². The maximum absolute atomic E-state index is 11.8. The van der Waals surface area contributed by atoms with Gasteiger partial charge in [-0.05, 0) is 24.3 Å². The number of furan rings is 1. The van der Waals surface area contributed by atoms with Crippen molar-refractivity contribution >= 4 is 35.5 Å². The summed E-state index contributed by atoms with van der Waals surface area (Å²) in [6, 6.07) is 12.7. The van der Waals surface area contributed by atoms with Crippen molar-refractivity contribution in [2.45, 2.75) is 5.09 Å². The molecule has 0 aliphatic heterocycles. The summed E-state index contributed by atoms with van der Waals surface area (Å²) >= 11 is 1.27. The van der Waals surface area contributed by atoms with Crippen LogP contribution in [0.3, 0.4) is 0 Å². The highest BCUT2D eigenvalue weighted by atomic mass is 32.2. The minimum Gasteiger partial charge on any atom is -0.449 e. The lowest BCUT2D eigenvalue weighted by molar-refractivity contribution is -0.124. The second kappa shape index (κ2) is 9.53. The molecule has 24 heavy (non-hydrogen) atoms. The fourth-order valence-corrected chi connectivity index (χ4v) is 2.33. The number of carbonyl (C=O) groups is 2. The largest absolute Gasteiger partial charge is 0.449 e. The lowest BCUT2D eigenvalue weighted by atomic mass is 10.3. The molecular weight excluding hydrogens is 330 g/mol. The highest BCUT2D eigenvalue weighted by Gasteiger charge is 2.06. The Bertz CT molecular complexity index is 700. The van der Waals surface area contributed by atoms with Gasteiger partial charge in [0.2, 0.25) is 5.91 Å². The number of para-hydroxylation sites is 1. The maximum Gasteiger partial charge on any atom is 0.266 e. The summed E-state index contributed by atoms with van der Waals surface area (Å²) in [5.74, 6) is 0.222. The Morgan fingerprint density at radius 1 is 1.21 bits per heavy atom. The SMILES string of the molecule is COCC(=O)N/N=C\c1ccc(SCC(=O)Nc2ccccc2)o1. The van der Waals surface area contributed by atoms with Gasteiger partial charge in [-0.1, -0.05) is 30.0 Å². The van der Waals surface area contributed by atoms with Crippen molar-refractivity contribution in [3.05, 3.63) is 48.2 Å². The maximum atomic E-state index is 11.8. The molecular formula is C16H17N3O4S. The van der Waals surface area contributed by atoms with E-state index in [1.807, 2.05) is 30.3 Å². The number of thioether (sulfide) groups is 1. The first kappa shape index (κ1) is 17.8. The molecule has 2 amide bonds. The van der Waals surface area contributed by atoms with Crippen molar-refractivity contribution in [2.24, 2.45) is 5.10 Å². The molecule has 2 N–H and O–H groups in total. The molecule has 0 saturated carbocycles. The number of benzene rings is 1. The van der Waals surface area contributed by atoms with E-state index in [0.717, 1.165) is 5.69 Å². The molecule has 8 heteroatoms. The number of hydrazone groups is 1. The van der Waals surface area contributed by atoms with Crippen molar-refractivity contribution in [2.75, 3.05) is 24.8 Å². The summed E-state index contributed by atoms with van der Waals surface area (Å²) < 4.78 is 10.1. The van der Waals surface area contributed by atoms with Crippen LogP contribution in [0.1, 0.15) is 5.76 Å². The van der Waals surface area contributed by atoms with E-state index in [0.29, 0.717) is 10.9 Å². The van der Waals surface area contributed by atoms with E-state index in [4.69, 9.17) is 4.42 Å². The van der Waals surface area contributed by atoms with Gasteiger partial charge < -0.3 is 14.5 Å². The Morgan fingerprint density at radius 3 is 2.75 bits per heavy atom. The van der Waals surface area contributed by atoms with Gasteiger partial charge in [0.25, 0.3) is 5.91 Å². The van der Waals surface area contributed by atoms with Gasteiger partial charge in [0.1, 0.15) is 12.4 Å². The van der Waals surface area contributed by atoms with E-state index in [1.165, 1.54) is 25.1 Å². The normalized spacial score (nSPS) is 10.7. The number of carbonyl (C=O) groups excluding carboxylic acids is 2. The predicted molar refractivity (Wildman–Crippen MR) is 92.1 cm³/mol. The molecule has 0 radical (unpaired) electrons. The van der Waals surface area contributed by atoms with Gasteiger partial charge >= 0.3 is 0 Å². The number of amides is 2. The van der Waals surface area contributed by atoms with E-state index in [2.05, 4.69) is 20.6 Å². The fraction of sp³-hybridized carbons (Fsp3) is 0.188. The van der Waals surface area contributed by atoms with Crippen molar-refractivity contribution in [3.63, 3.8) is 0 Å². The number of rotatable bonds is 8. The first-order valence-corrected chi connectivity index (χ1v) is 8.04. The second-order valence-corrected chi connectivity index (χ2v) is 5.57. The van der Waals surface area contributed by atoms with Crippen molar-refractivity contribution in [1.29, 1.82) is 0 Å². The molecule has 0 aliphatic carbocycles. The van der Waals surface area contributed by atoms with Gasteiger partial charge in [0.05, 0.1) is 12.0 Å². The Kier molecular flexibility index (Phi) is 7.06. The van der Waals surface area contributed by atoms with Crippen LogP contribution >= 0.6 is 11.8 Å². The van der Waals surface area contributed by atoms with E-state index in [9.17, 15) is 9.59 Å². The van der Waals surface area contributed by atoms with E-state index in [-0.39, 0.29) is 24.2 Å². The van der Waals surface area contributed by atoms with E-state index < -0.39 is 0 Å². The Hall–Kier alpha value is -2.58. The van der Waals surface area contributed by atoms with Gasteiger partial charge in [-0.15, -0.1) is 0 Å². The molecule has 0 unspecified atom stereocenters. The Balaban J connectivity index is 1.76. The second-order valence-electron chi connectivity index (χ2n) is 4.59. The lowest BCUT2D eigenvalue weighted by Crippen LogP contribution is -2.22. The number of anilines is 1. The van der Waals surface area contributed by atoms with Crippen LogP contribution in [-0.4, -0.2) is 37.5 Å². The Morgan fingerprint density at radius 2 is 2.00 bits per heavy atom. The van der Waals surface area contributed by atoms with Crippen LogP contribution < -0.4 is 10.7 Å². The molecule has 0 bridgehead atoms. The summed E-state index contributed by atoms with van der Waals surface area (Å²) in [4.78, 5) is 23.0. The van der Waals surface area contributed by atoms with Gasteiger partial charge in [-0.3, -0.25) is 9.59 Å². The molecule has 0 aliphatic rings. The number of nitrogens with zero attached hydrogens (tertiary/aromatic N) is 1. The summed E-state index contributed by atoms with van der Waals surface area (Å²) in [7, 11) is 1.42. The summed E-state index contributed by atoms with van der Waals surface area (Å²) in [5, 5.41) is 7.11. The standard InChI is InChI=1S/C16H17N3O4S/c1-22-10-14(20)19-17-9-13-7-8-16(23-13)24-11-15(21)18-12-5-3-2-4-6-12/h2-9H,10-11H2,1H3,(H,18,21)(H,19,20)/b17-9-. The summed E-state index contributed by atoms with van der Waals surface area (Å²) in [6.45, 7) is -0.0624. The van der Waals surface area contributed by atoms with Crippen LogP contribution in [0.2, 0.25) is 0 Å². The minimum atomic E-state index is -0.354. The first-order chi connectivity index (χ1) is 11.7. The third-order valence-electron chi connectivity index (χ3n) is 2.66. The number of hydrogen-bond donors (Lipinski definition) is 2. The minimum absolute atomic E-state index is 0.0624. The molecule has 1 aromatic heterocycles. The molecule has 7 nitrogen and oxygen atoms in total. The van der Waals surface area contributed by atoms with Gasteiger partial charge in [-0.25, -0.2) is 5.43 Å². The van der Waals surface area contributed by atoms with Crippen LogP contribution in [0.5, 0.6) is 0 Å². The molecule has 2 rings (SSSR count). The van der Waals surface area contributed by atoms with Crippen LogP contribution in [0.4, 0.5) is 5.69 Å². The molecule has 0 saturated heterocycles. The van der Waals surface area contributed by atoms with Gasteiger partial charge in [0.15, 0.2) is 5.09 Å². The van der Waals surface area contributed by atoms with Crippen LogP contribution in [0, 0.1) is 0 Å². The first-order valence-electron chi connectivity index (χ1n) is 7.06. The molecule has 126 valence electrons. The van der Waals surface area contributed by atoms with Gasteiger partial charge in [0, 0.05) is 12.8 Å². The Labute approximate surface area is 143 Å². The highest BCUT2D eigenvalue weighted by Crippen LogP contribution is 2.20. The molecule has 0 fully saturated rings. The smallest absolute Gasteiger partial charge is 0.266 e. The monoisotopic (exact) mass is 347 g/mol. The zero-order chi connectivity index (χ0) is 17.2. The number of ether oxygens (including phenoxy) is 1. The number of hydrogen-bond acceptors (Lipinski definition) is 6. The van der Waals surface area contributed by atoms with Gasteiger partial charge in [-0.2, -0.15) is 5.10 Å². The van der Waals surface area contributed by atoms with E-state index in [1.54, 1.807) is 12.1 Å². The molecule has 2 aromatic rings. The van der Waals surface area contributed by atoms with Crippen molar-refractivity contribution in [3.8, 4) is 0 Å². The highest BCUT2D eigenvalue weighted by molar-refractivity contribution is 7.99. The molecule has 0 atom stereocenters. The molecule has 0 spiro atoms. The number of methoxy groups -OCH3 is 1. The van der Waals surface area contributed by atoms with Crippen molar-refractivity contribution < 1.29 is 18.7 Å². The quantitative estimate of drug-likeness (QED) is 0.433. The van der Waals surface area contributed by atoms with Crippen LogP contribution in [-0.2, 0) is 14.3 Å². The average molecular weight is 347 g/mol. The topological polar surface area (TPSA) is 92.9 Å². The van der Waals surface area contributed by atoms with E-state index >= 15 is 0 Å². The average Bonchev–Trinajstić information content (AvgIpc) is 3.02. The van der Waals surface area contributed by atoms with Crippen molar-refractivity contribution in [1.82, 2.24) is 5.43 Å². The summed E-state index contributed by atoms with van der Waals surface area (Å²) in [5.41, 5.74) is 3.05. The molecule has 1 heterocycles. The zero-order valence-electron chi connectivity index (χ0n) is 13.0. The summed E-state index contributed by atoms with van der Waals surface area (Å²) in [6.07, 6.45) is 1.38. The molecule has 1 aromatic carbocycles. The zero-order valence-corrected chi connectivity index (χ0v) is 13.8. The van der Waals surface area contributed by atoms with Crippen LogP contribution in [0.25, 0.3) is 0 Å². The number of nitrogens with one attached hydrogen (secondary N) is 2. The third-order valence-corrected chi connectivity index (χ3v) is 3.57. The predicted octanol–water partition coefficient (Wildman–Crippen LogP) is 2.11. The third kappa shape index (κ3) is 6.27. The fourth-order valence-electron chi connectivity index (χ4n) is 1.67.